The van der Waals surface area contributed by atoms with E-state index in [4.69, 9.17) is 10.5 Å². The Hall–Kier alpha value is -3.71. The van der Waals surface area contributed by atoms with Crippen LogP contribution >= 0.6 is 0 Å². The molecule has 0 bridgehead atoms. The maximum absolute atomic E-state index is 12.3. The van der Waals surface area contributed by atoms with Gasteiger partial charge in [0.2, 0.25) is 5.91 Å². The van der Waals surface area contributed by atoms with Crippen molar-refractivity contribution in [3.05, 3.63) is 89.7 Å². The molecule has 1 unspecified atom stereocenters. The lowest BCUT2D eigenvalue weighted by atomic mass is 10.0. The summed E-state index contributed by atoms with van der Waals surface area (Å²) in [5.74, 6) is 0.501. The Kier molecular flexibility index (Phi) is 8.34. The summed E-state index contributed by atoms with van der Waals surface area (Å²) in [6, 6.07) is 17.7. The average molecular weight is 433 g/mol. The first-order chi connectivity index (χ1) is 15.6. The van der Waals surface area contributed by atoms with E-state index in [-0.39, 0.29) is 18.2 Å². The molecule has 1 heterocycles. The van der Waals surface area contributed by atoms with Crippen LogP contribution in [0.3, 0.4) is 0 Å². The molecular weight excluding hydrogens is 404 g/mol. The third-order valence-electron chi connectivity index (χ3n) is 4.93. The Morgan fingerprint density at radius 3 is 2.47 bits per heavy atom. The molecule has 0 fully saturated rings. The minimum absolute atomic E-state index is 0.120. The highest BCUT2D eigenvalue weighted by Crippen LogP contribution is 2.19. The molecule has 0 spiro atoms. The lowest BCUT2D eigenvalue weighted by Gasteiger charge is -2.14. The van der Waals surface area contributed by atoms with E-state index in [9.17, 15) is 9.59 Å². The maximum Gasteiger partial charge on any atom is 0.255 e. The second kappa shape index (κ2) is 11.6. The van der Waals surface area contributed by atoms with Gasteiger partial charge in [-0.1, -0.05) is 30.3 Å². The second-order valence-electron chi connectivity index (χ2n) is 7.26. The number of para-hydroxylation sites is 1. The monoisotopic (exact) mass is 432 g/mol. The molecule has 0 radical (unpaired) electrons. The van der Waals surface area contributed by atoms with Crippen LogP contribution in [-0.4, -0.2) is 29.9 Å². The van der Waals surface area contributed by atoms with Gasteiger partial charge in [-0.15, -0.1) is 0 Å². The zero-order valence-corrected chi connectivity index (χ0v) is 18.1. The number of pyridine rings is 1. The van der Waals surface area contributed by atoms with E-state index < -0.39 is 6.04 Å². The molecule has 7 nitrogen and oxygen atoms in total. The predicted molar refractivity (Wildman–Crippen MR) is 125 cm³/mol. The summed E-state index contributed by atoms with van der Waals surface area (Å²) in [5.41, 5.74) is 9.23. The Bertz CT molecular complexity index is 1020. The summed E-state index contributed by atoms with van der Waals surface area (Å²) >= 11 is 0. The number of hydrogen-bond donors (Lipinski definition) is 3. The van der Waals surface area contributed by atoms with Crippen molar-refractivity contribution in [2.75, 3.05) is 18.5 Å². The van der Waals surface area contributed by atoms with Crippen LogP contribution < -0.4 is 21.1 Å². The summed E-state index contributed by atoms with van der Waals surface area (Å²) in [5, 5.41) is 5.72. The molecule has 3 aromatic rings. The van der Waals surface area contributed by atoms with Crippen molar-refractivity contribution < 1.29 is 14.3 Å². The average Bonchev–Trinajstić information content (AvgIpc) is 2.81. The zero-order chi connectivity index (χ0) is 22.8. The Balaban J connectivity index is 1.47. The molecule has 0 aliphatic carbocycles. The molecule has 2 amide bonds. The van der Waals surface area contributed by atoms with Gasteiger partial charge in [0, 0.05) is 42.7 Å². The van der Waals surface area contributed by atoms with Gasteiger partial charge in [0.1, 0.15) is 5.75 Å². The highest BCUT2D eigenvalue weighted by Gasteiger charge is 2.13. The van der Waals surface area contributed by atoms with Crippen LogP contribution in [0.1, 0.15) is 40.9 Å². The number of benzene rings is 2. The molecule has 0 saturated carbocycles. The fourth-order valence-electron chi connectivity index (χ4n) is 3.25. The number of carbonyl (C=O) groups is 2. The number of hydrogen-bond acceptors (Lipinski definition) is 5. The van der Waals surface area contributed by atoms with Crippen molar-refractivity contribution >= 4 is 17.5 Å². The van der Waals surface area contributed by atoms with Crippen LogP contribution in [0, 0.1) is 0 Å². The molecule has 32 heavy (non-hydrogen) atoms. The fraction of sp³-hybridized carbons (Fsp3) is 0.240. The maximum atomic E-state index is 12.3. The molecule has 0 aliphatic rings. The summed E-state index contributed by atoms with van der Waals surface area (Å²) in [7, 11) is 0. The van der Waals surface area contributed by atoms with E-state index in [2.05, 4.69) is 15.6 Å². The zero-order valence-electron chi connectivity index (χ0n) is 18.1. The summed E-state index contributed by atoms with van der Waals surface area (Å²) in [6.07, 6.45) is 4.06. The molecule has 1 aromatic heterocycles. The van der Waals surface area contributed by atoms with Gasteiger partial charge in [-0.25, -0.2) is 0 Å². The largest absolute Gasteiger partial charge is 0.494 e. The molecular formula is C25H28N4O3. The van der Waals surface area contributed by atoms with Gasteiger partial charge in [0.25, 0.3) is 5.91 Å². The second-order valence-corrected chi connectivity index (χ2v) is 7.26. The molecule has 0 saturated heterocycles. The first-order valence-corrected chi connectivity index (χ1v) is 10.6. The van der Waals surface area contributed by atoms with Gasteiger partial charge >= 0.3 is 0 Å². The third kappa shape index (κ3) is 6.65. The summed E-state index contributed by atoms with van der Waals surface area (Å²) in [6.45, 7) is 3.05. The number of rotatable bonds is 10. The number of nitrogens with zero attached hydrogens (tertiary/aromatic N) is 1. The van der Waals surface area contributed by atoms with Crippen molar-refractivity contribution in [1.82, 2.24) is 10.3 Å². The van der Waals surface area contributed by atoms with E-state index >= 15 is 0 Å². The minimum atomic E-state index is -0.456. The van der Waals surface area contributed by atoms with Crippen molar-refractivity contribution in [2.24, 2.45) is 5.73 Å². The van der Waals surface area contributed by atoms with Gasteiger partial charge < -0.3 is 21.1 Å². The summed E-state index contributed by atoms with van der Waals surface area (Å²) in [4.78, 5) is 28.6. The SMILES string of the molecule is CCOc1ccccc1CCNC(=O)CC(N)c1ccc(C(=O)Nc2ccncc2)cc1. The molecule has 0 aliphatic heterocycles. The lowest BCUT2D eigenvalue weighted by Crippen LogP contribution is -2.29. The van der Waals surface area contributed by atoms with Crippen LogP contribution in [-0.2, 0) is 11.2 Å². The van der Waals surface area contributed by atoms with Crippen molar-refractivity contribution in [1.29, 1.82) is 0 Å². The normalized spacial score (nSPS) is 11.4. The van der Waals surface area contributed by atoms with E-state index in [1.807, 2.05) is 31.2 Å². The Labute approximate surface area is 188 Å². The van der Waals surface area contributed by atoms with Crippen LogP contribution in [0.5, 0.6) is 5.75 Å². The van der Waals surface area contributed by atoms with E-state index in [0.717, 1.165) is 16.9 Å². The molecule has 1 atom stereocenters. The van der Waals surface area contributed by atoms with Crippen molar-refractivity contribution in [2.45, 2.75) is 25.8 Å². The third-order valence-corrected chi connectivity index (χ3v) is 4.93. The van der Waals surface area contributed by atoms with Gasteiger partial charge in [-0.3, -0.25) is 14.6 Å². The number of ether oxygens (including phenoxy) is 1. The fourth-order valence-corrected chi connectivity index (χ4v) is 3.25. The highest BCUT2D eigenvalue weighted by atomic mass is 16.5. The summed E-state index contributed by atoms with van der Waals surface area (Å²) < 4.78 is 5.61. The molecule has 7 heteroatoms. The predicted octanol–water partition coefficient (Wildman–Crippen LogP) is 3.48. The van der Waals surface area contributed by atoms with Crippen molar-refractivity contribution in [3.63, 3.8) is 0 Å². The smallest absolute Gasteiger partial charge is 0.255 e. The van der Waals surface area contributed by atoms with Crippen LogP contribution in [0.25, 0.3) is 0 Å². The minimum Gasteiger partial charge on any atom is -0.494 e. The topological polar surface area (TPSA) is 106 Å². The molecule has 2 aromatic carbocycles. The molecule has 166 valence electrons. The Morgan fingerprint density at radius 1 is 1.03 bits per heavy atom. The number of nitrogens with two attached hydrogens (primary N) is 1. The quantitative estimate of drug-likeness (QED) is 0.455. The lowest BCUT2D eigenvalue weighted by molar-refractivity contribution is -0.121. The Morgan fingerprint density at radius 2 is 1.75 bits per heavy atom. The highest BCUT2D eigenvalue weighted by molar-refractivity contribution is 6.04. The first kappa shape index (κ1) is 23.0. The van der Waals surface area contributed by atoms with Gasteiger partial charge in [-0.05, 0) is 54.8 Å². The number of carbonyl (C=O) groups excluding carboxylic acids is 2. The number of anilines is 1. The van der Waals surface area contributed by atoms with E-state index in [1.54, 1.807) is 48.8 Å². The standard InChI is InChI=1S/C25H28N4O3/c1-2-32-23-6-4-3-5-19(23)11-16-28-24(30)17-22(26)18-7-9-20(10-8-18)25(31)29-21-12-14-27-15-13-21/h3-10,12-15,22H,2,11,16-17,26H2,1H3,(H,28,30)(H,27,29,31). The van der Waals surface area contributed by atoms with E-state index in [0.29, 0.717) is 30.8 Å². The van der Waals surface area contributed by atoms with Crippen molar-refractivity contribution in [3.8, 4) is 5.75 Å². The van der Waals surface area contributed by atoms with Gasteiger partial charge in [-0.2, -0.15) is 0 Å². The molecule has 4 N–H and O–H groups in total. The number of nitrogens with one attached hydrogen (secondary N) is 2. The number of aromatic nitrogens is 1. The van der Waals surface area contributed by atoms with E-state index in [1.165, 1.54) is 0 Å². The first-order valence-electron chi connectivity index (χ1n) is 10.6. The molecule has 3 rings (SSSR count). The van der Waals surface area contributed by atoms with Crippen LogP contribution in [0.15, 0.2) is 73.1 Å². The van der Waals surface area contributed by atoms with Gasteiger partial charge in [0.15, 0.2) is 0 Å². The number of amides is 2. The van der Waals surface area contributed by atoms with Crippen LogP contribution in [0.2, 0.25) is 0 Å². The van der Waals surface area contributed by atoms with Crippen LogP contribution in [0.4, 0.5) is 5.69 Å². The van der Waals surface area contributed by atoms with Gasteiger partial charge in [0.05, 0.1) is 6.61 Å².